The Bertz CT molecular complexity index is 958. The van der Waals surface area contributed by atoms with E-state index in [9.17, 15) is 9.90 Å². The Kier molecular flexibility index (Phi) is 9.22. The topological polar surface area (TPSA) is 62.2 Å². The zero-order valence-corrected chi connectivity index (χ0v) is 22.1. The standard InChI is InChI=1S/C28H40N2O4S/c1-20(2)17-33-18-23(31)15-29(14-22-7-8-22)16-28(32)30-11-9-27-25(10-12-35-27)26(30)19-34-24-6-4-5-21(3)13-24/h4-6,10,12-13,20,22-23,26,31H,7-9,11,14-19H2,1-3H3/t23-,26+/m1/s1. The van der Waals surface area contributed by atoms with Gasteiger partial charge in [-0.15, -0.1) is 11.3 Å². The van der Waals surface area contributed by atoms with Crippen LogP contribution in [0.15, 0.2) is 35.7 Å². The normalized spacial score (nSPS) is 18.7. The van der Waals surface area contributed by atoms with Crippen molar-refractivity contribution in [3.63, 3.8) is 0 Å². The van der Waals surface area contributed by atoms with Crippen LogP contribution in [-0.4, -0.2) is 72.9 Å². The predicted molar refractivity (Wildman–Crippen MR) is 140 cm³/mol. The molecule has 1 saturated carbocycles. The molecule has 2 aromatic rings. The molecule has 0 radical (unpaired) electrons. The van der Waals surface area contributed by atoms with Gasteiger partial charge in [0.2, 0.25) is 5.91 Å². The smallest absolute Gasteiger partial charge is 0.237 e. The molecule has 2 aliphatic rings. The first-order valence-corrected chi connectivity index (χ1v) is 13.8. The highest BCUT2D eigenvalue weighted by Crippen LogP contribution is 2.34. The van der Waals surface area contributed by atoms with E-state index in [0.29, 0.717) is 51.3 Å². The molecular weight excluding hydrogens is 460 g/mol. The van der Waals surface area contributed by atoms with Gasteiger partial charge in [0.05, 0.1) is 25.3 Å². The van der Waals surface area contributed by atoms with Crippen molar-refractivity contribution in [1.29, 1.82) is 0 Å². The van der Waals surface area contributed by atoms with Crippen molar-refractivity contribution >= 4 is 17.2 Å². The first kappa shape index (κ1) is 26.1. The molecule has 1 fully saturated rings. The summed E-state index contributed by atoms with van der Waals surface area (Å²) in [6.45, 7) is 9.97. The van der Waals surface area contributed by atoms with Gasteiger partial charge >= 0.3 is 0 Å². The van der Waals surface area contributed by atoms with Crippen LogP contribution in [-0.2, 0) is 16.0 Å². The summed E-state index contributed by atoms with van der Waals surface area (Å²) in [5, 5.41) is 12.7. The Morgan fingerprint density at radius 2 is 2.09 bits per heavy atom. The Hall–Kier alpha value is -1.93. The monoisotopic (exact) mass is 500 g/mol. The molecule has 4 rings (SSSR count). The summed E-state index contributed by atoms with van der Waals surface area (Å²) in [6, 6.07) is 10.1. The molecule has 1 aliphatic carbocycles. The minimum Gasteiger partial charge on any atom is -0.491 e. The average Bonchev–Trinajstić information content (AvgIpc) is 3.49. The lowest BCUT2D eigenvalue weighted by Gasteiger charge is -2.37. The Labute approximate surface area is 213 Å². The van der Waals surface area contributed by atoms with Crippen LogP contribution < -0.4 is 4.74 Å². The highest BCUT2D eigenvalue weighted by molar-refractivity contribution is 7.10. The third-order valence-corrected chi connectivity index (χ3v) is 7.61. The van der Waals surface area contributed by atoms with Gasteiger partial charge in [0.25, 0.3) is 0 Å². The summed E-state index contributed by atoms with van der Waals surface area (Å²) in [4.78, 5) is 19.1. The highest BCUT2D eigenvalue weighted by Gasteiger charge is 2.34. The second-order valence-electron chi connectivity index (χ2n) is 10.5. The highest BCUT2D eigenvalue weighted by atomic mass is 32.1. The molecule has 0 bridgehead atoms. The molecule has 1 amide bonds. The van der Waals surface area contributed by atoms with Crippen LogP contribution in [0.4, 0.5) is 0 Å². The van der Waals surface area contributed by atoms with Crippen LogP contribution in [0, 0.1) is 18.8 Å². The number of aliphatic hydroxyl groups is 1. The third-order valence-electron chi connectivity index (χ3n) is 6.62. The van der Waals surface area contributed by atoms with Crippen LogP contribution in [0.25, 0.3) is 0 Å². The van der Waals surface area contributed by atoms with Crippen molar-refractivity contribution in [2.75, 3.05) is 46.0 Å². The first-order valence-electron chi connectivity index (χ1n) is 12.9. The fraction of sp³-hybridized carbons (Fsp3) is 0.607. The number of aliphatic hydroxyl groups excluding tert-OH is 1. The second kappa shape index (κ2) is 12.3. The fourth-order valence-electron chi connectivity index (χ4n) is 4.70. The predicted octanol–water partition coefficient (Wildman–Crippen LogP) is 4.31. The molecule has 7 heteroatoms. The minimum absolute atomic E-state index is 0.0971. The molecular formula is C28H40N2O4S. The maximum atomic E-state index is 13.6. The quantitative estimate of drug-likeness (QED) is 0.444. The molecule has 1 N–H and O–H groups in total. The van der Waals surface area contributed by atoms with Crippen molar-refractivity contribution in [2.45, 2.75) is 52.2 Å². The molecule has 0 spiro atoms. The van der Waals surface area contributed by atoms with Gasteiger partial charge in [-0.05, 0) is 72.7 Å². The number of aryl methyl sites for hydroxylation is 1. The average molecular weight is 501 g/mol. The summed E-state index contributed by atoms with van der Waals surface area (Å²) >= 11 is 1.76. The number of carbonyl (C=O) groups excluding carboxylic acids is 1. The van der Waals surface area contributed by atoms with E-state index in [-0.39, 0.29) is 11.9 Å². The number of carbonyl (C=O) groups is 1. The third kappa shape index (κ3) is 7.78. The molecule has 0 saturated heterocycles. The van der Waals surface area contributed by atoms with Crippen LogP contribution >= 0.6 is 11.3 Å². The van der Waals surface area contributed by atoms with Gasteiger partial charge in [-0.3, -0.25) is 9.69 Å². The summed E-state index contributed by atoms with van der Waals surface area (Å²) in [6.07, 6.45) is 2.71. The van der Waals surface area contributed by atoms with Gasteiger partial charge < -0.3 is 19.5 Å². The van der Waals surface area contributed by atoms with Crippen LogP contribution in [0.2, 0.25) is 0 Å². The van der Waals surface area contributed by atoms with Crippen LogP contribution in [0.3, 0.4) is 0 Å². The Morgan fingerprint density at radius 1 is 1.26 bits per heavy atom. The number of hydrogen-bond donors (Lipinski definition) is 1. The molecule has 1 aromatic carbocycles. The Balaban J connectivity index is 1.40. The van der Waals surface area contributed by atoms with Crippen LogP contribution in [0.1, 0.15) is 48.7 Å². The molecule has 1 aromatic heterocycles. The maximum absolute atomic E-state index is 13.6. The van der Waals surface area contributed by atoms with E-state index < -0.39 is 6.10 Å². The van der Waals surface area contributed by atoms with Gasteiger partial charge in [-0.25, -0.2) is 0 Å². The minimum atomic E-state index is -0.592. The number of ether oxygens (including phenoxy) is 2. The Morgan fingerprint density at radius 3 is 2.83 bits per heavy atom. The lowest BCUT2D eigenvalue weighted by molar-refractivity contribution is -0.136. The number of thiophene rings is 1. The van der Waals surface area contributed by atoms with Crippen molar-refractivity contribution in [3.05, 3.63) is 51.7 Å². The van der Waals surface area contributed by atoms with Crippen LogP contribution in [0.5, 0.6) is 5.75 Å². The van der Waals surface area contributed by atoms with Crippen molar-refractivity contribution in [2.24, 2.45) is 11.8 Å². The molecule has 2 atom stereocenters. The second-order valence-corrected chi connectivity index (χ2v) is 11.5. The number of amides is 1. The summed E-state index contributed by atoms with van der Waals surface area (Å²) in [5.41, 5.74) is 2.36. The van der Waals surface area contributed by atoms with Crippen molar-refractivity contribution in [3.8, 4) is 5.75 Å². The number of benzene rings is 1. The molecule has 192 valence electrons. The molecule has 2 heterocycles. The molecule has 35 heavy (non-hydrogen) atoms. The number of hydrogen-bond acceptors (Lipinski definition) is 6. The molecule has 1 aliphatic heterocycles. The maximum Gasteiger partial charge on any atom is 0.237 e. The first-order chi connectivity index (χ1) is 16.9. The summed E-state index contributed by atoms with van der Waals surface area (Å²) in [5.74, 6) is 2.01. The van der Waals surface area contributed by atoms with Gasteiger partial charge in [-0.1, -0.05) is 26.0 Å². The fourth-order valence-corrected chi connectivity index (χ4v) is 5.62. The largest absolute Gasteiger partial charge is 0.491 e. The number of nitrogens with zero attached hydrogens (tertiary/aromatic N) is 2. The van der Waals surface area contributed by atoms with Gasteiger partial charge in [0, 0.05) is 31.1 Å². The lowest BCUT2D eigenvalue weighted by Crippen LogP contribution is -2.48. The van der Waals surface area contributed by atoms with E-state index in [0.717, 1.165) is 24.3 Å². The van der Waals surface area contributed by atoms with Gasteiger partial charge in [-0.2, -0.15) is 0 Å². The summed E-state index contributed by atoms with van der Waals surface area (Å²) in [7, 11) is 0. The van der Waals surface area contributed by atoms with E-state index >= 15 is 0 Å². The van der Waals surface area contributed by atoms with E-state index in [4.69, 9.17) is 9.47 Å². The number of fused-ring (bicyclic) bond motifs is 1. The molecule has 6 nitrogen and oxygen atoms in total. The van der Waals surface area contributed by atoms with Crippen molar-refractivity contribution < 1.29 is 19.4 Å². The zero-order valence-electron chi connectivity index (χ0n) is 21.3. The molecule has 0 unspecified atom stereocenters. The van der Waals surface area contributed by atoms with E-state index in [1.54, 1.807) is 11.3 Å². The van der Waals surface area contributed by atoms with E-state index in [1.807, 2.05) is 23.1 Å². The van der Waals surface area contributed by atoms with Gasteiger partial charge in [0.1, 0.15) is 12.4 Å². The van der Waals surface area contributed by atoms with Crippen molar-refractivity contribution in [1.82, 2.24) is 9.80 Å². The van der Waals surface area contributed by atoms with E-state index in [2.05, 4.69) is 43.2 Å². The van der Waals surface area contributed by atoms with E-state index in [1.165, 1.54) is 23.3 Å². The lowest BCUT2D eigenvalue weighted by atomic mass is 10.0. The van der Waals surface area contributed by atoms with Gasteiger partial charge in [0.15, 0.2) is 0 Å². The number of rotatable bonds is 13. The zero-order chi connectivity index (χ0) is 24.8. The summed E-state index contributed by atoms with van der Waals surface area (Å²) < 4.78 is 11.8. The SMILES string of the molecule is Cc1cccc(OC[C@H]2c3ccsc3CCN2C(=O)CN(CC2CC2)C[C@@H](O)COCC(C)C)c1.